The Kier molecular flexibility index (Phi) is 7.94. The number of carboxylic acid groups (broad SMARTS) is 1. The molecule has 3 fully saturated rings. The Labute approximate surface area is 254 Å². The van der Waals surface area contributed by atoms with Gasteiger partial charge in [-0.05, 0) is 78.5 Å². The maximum absolute atomic E-state index is 15.2. The van der Waals surface area contributed by atoms with Gasteiger partial charge in [-0.2, -0.15) is 0 Å². The molecule has 0 spiro atoms. The average molecular weight is 612 g/mol. The zero-order valence-electron chi connectivity index (χ0n) is 23.3. The summed E-state index contributed by atoms with van der Waals surface area (Å²) in [4.78, 5) is 26.8. The number of ether oxygens (including phenoxy) is 1. The second-order valence-corrected chi connectivity index (χ2v) is 13.2. The van der Waals surface area contributed by atoms with Crippen molar-refractivity contribution in [1.29, 1.82) is 0 Å². The second-order valence-electron chi connectivity index (χ2n) is 12.3. The molecule has 3 aliphatic rings. The third kappa shape index (κ3) is 6.29. The first-order valence-corrected chi connectivity index (χ1v) is 15.1. The number of carbonyl (C=O) groups excluding carboxylic acids is 1. The van der Waals surface area contributed by atoms with Crippen LogP contribution < -0.4 is 10.1 Å². The molecule has 42 heavy (non-hydrogen) atoms. The maximum Gasteiger partial charge on any atom is 0.326 e. The Balaban J connectivity index is 1.16. The third-order valence-electron chi connectivity index (χ3n) is 8.43. The first-order valence-electron chi connectivity index (χ1n) is 14.4. The van der Waals surface area contributed by atoms with Crippen LogP contribution in [0.1, 0.15) is 71.6 Å². The summed E-state index contributed by atoms with van der Waals surface area (Å²) in [5, 5.41) is 13.2. The van der Waals surface area contributed by atoms with Crippen LogP contribution in [0.5, 0.6) is 5.75 Å². The largest absolute Gasteiger partial charge is 0.493 e. The fourth-order valence-corrected chi connectivity index (χ4v) is 6.60. The highest BCUT2D eigenvalue weighted by molar-refractivity contribution is 6.34. The van der Waals surface area contributed by atoms with Crippen LogP contribution in [0.3, 0.4) is 0 Å². The quantitative estimate of drug-likeness (QED) is 0.242. The molecule has 0 radical (unpaired) electrons. The molecular weight excluding hydrogens is 578 g/mol. The van der Waals surface area contributed by atoms with Gasteiger partial charge in [-0.15, -0.1) is 0 Å². The van der Waals surface area contributed by atoms with Crippen molar-refractivity contribution in [2.45, 2.75) is 50.6 Å². The minimum atomic E-state index is -1.09. The Morgan fingerprint density at radius 3 is 2.29 bits per heavy atom. The van der Waals surface area contributed by atoms with E-state index in [4.69, 9.17) is 27.9 Å². The molecule has 220 valence electrons. The molecule has 3 aromatic carbocycles. The molecule has 2 N–H and O–H groups in total. The van der Waals surface area contributed by atoms with Crippen molar-refractivity contribution in [2.75, 3.05) is 19.7 Å². The number of benzene rings is 3. The van der Waals surface area contributed by atoms with Gasteiger partial charge in [-0.3, -0.25) is 9.69 Å². The van der Waals surface area contributed by atoms with Gasteiger partial charge in [0.15, 0.2) is 0 Å². The maximum atomic E-state index is 15.2. The highest BCUT2D eigenvalue weighted by Crippen LogP contribution is 2.46. The summed E-state index contributed by atoms with van der Waals surface area (Å²) in [6, 6.07) is 17.6. The van der Waals surface area contributed by atoms with Crippen molar-refractivity contribution in [2.24, 2.45) is 11.3 Å². The average Bonchev–Trinajstić information content (AvgIpc) is 3.84. The number of hydrogen-bond acceptors (Lipinski definition) is 4. The summed E-state index contributed by atoms with van der Waals surface area (Å²) >= 11 is 12.7. The molecule has 0 bridgehead atoms. The van der Waals surface area contributed by atoms with Gasteiger partial charge in [0.2, 0.25) is 0 Å². The topological polar surface area (TPSA) is 78.9 Å². The minimum Gasteiger partial charge on any atom is -0.493 e. The monoisotopic (exact) mass is 610 g/mol. The predicted octanol–water partition coefficient (Wildman–Crippen LogP) is 7.09. The first kappa shape index (κ1) is 29.0. The number of rotatable bonds is 11. The second kappa shape index (κ2) is 11.5. The summed E-state index contributed by atoms with van der Waals surface area (Å²) in [5.41, 5.74) is 2.64. The van der Waals surface area contributed by atoms with Gasteiger partial charge in [0, 0.05) is 34.6 Å². The molecule has 6 rings (SSSR count). The highest BCUT2D eigenvalue weighted by Gasteiger charge is 2.44. The van der Waals surface area contributed by atoms with Crippen LogP contribution in [0.4, 0.5) is 4.39 Å². The van der Waals surface area contributed by atoms with Crippen molar-refractivity contribution < 1.29 is 23.8 Å². The smallest absolute Gasteiger partial charge is 0.326 e. The number of hydrogen-bond donors (Lipinski definition) is 2. The molecule has 2 atom stereocenters. The molecule has 2 saturated carbocycles. The summed E-state index contributed by atoms with van der Waals surface area (Å²) in [5.74, 6) is -1.95. The van der Waals surface area contributed by atoms with Gasteiger partial charge >= 0.3 is 5.97 Å². The molecular formula is C33H33Cl2FN2O4. The van der Waals surface area contributed by atoms with E-state index in [9.17, 15) is 14.7 Å². The number of likely N-dealkylation sites (tertiary alicyclic amines) is 1. The number of nitrogens with zero attached hydrogens (tertiary/aromatic N) is 1. The molecule has 0 aromatic heterocycles. The van der Waals surface area contributed by atoms with E-state index in [0.29, 0.717) is 22.4 Å². The van der Waals surface area contributed by atoms with E-state index in [2.05, 4.69) is 29.3 Å². The number of carboxylic acids is 1. The van der Waals surface area contributed by atoms with Gasteiger partial charge in [0.05, 0.1) is 18.2 Å². The van der Waals surface area contributed by atoms with Gasteiger partial charge in [-0.25, -0.2) is 9.18 Å². The molecule has 6 nitrogen and oxygen atoms in total. The van der Waals surface area contributed by atoms with Crippen LogP contribution in [0.25, 0.3) is 0 Å². The Morgan fingerprint density at radius 2 is 1.69 bits per heavy atom. The molecule has 2 aliphatic carbocycles. The Morgan fingerprint density at radius 1 is 1.02 bits per heavy atom. The van der Waals surface area contributed by atoms with Crippen LogP contribution in [-0.2, 0) is 4.79 Å². The van der Waals surface area contributed by atoms with Gasteiger partial charge in [-0.1, -0.05) is 60.5 Å². The standard InChI is InChI=1S/C33H33Cl2FN2O4/c1-33(16-38(17-33)30(21-5-3-2-4-6-21)22-11-23(34)13-24(35)12-22)18-42-28-15-27(36)26(14-25(28)19-7-8-19)31(39)37-29(32(40)41)20-9-10-20/h2-6,11-15,19-20,29-30H,7-10,16-18H2,1H3,(H,37,39)(H,40,41)/t29?,30-/m1/s1. The van der Waals surface area contributed by atoms with E-state index < -0.39 is 23.7 Å². The van der Waals surface area contributed by atoms with Gasteiger partial charge in [0.1, 0.15) is 17.6 Å². The number of aliphatic carboxylic acids is 1. The van der Waals surface area contributed by atoms with Gasteiger partial charge in [0.25, 0.3) is 5.91 Å². The van der Waals surface area contributed by atoms with Crippen molar-refractivity contribution >= 4 is 35.1 Å². The molecule has 1 unspecified atom stereocenters. The van der Waals surface area contributed by atoms with Crippen LogP contribution in [0, 0.1) is 17.2 Å². The molecule has 9 heteroatoms. The predicted molar refractivity (Wildman–Crippen MR) is 160 cm³/mol. The fourth-order valence-electron chi connectivity index (χ4n) is 6.06. The molecule has 1 amide bonds. The van der Waals surface area contributed by atoms with E-state index in [0.717, 1.165) is 55.5 Å². The number of carbonyl (C=O) groups is 2. The number of nitrogens with one attached hydrogen (secondary N) is 1. The van der Waals surface area contributed by atoms with Crippen molar-refractivity contribution in [3.63, 3.8) is 0 Å². The highest BCUT2D eigenvalue weighted by atomic mass is 35.5. The van der Waals surface area contributed by atoms with E-state index in [1.165, 1.54) is 6.07 Å². The lowest BCUT2D eigenvalue weighted by molar-refractivity contribution is -0.139. The van der Waals surface area contributed by atoms with Crippen LogP contribution in [0.15, 0.2) is 60.7 Å². The molecule has 1 heterocycles. The SMILES string of the molecule is CC1(COc2cc(F)c(C(=O)NC(C(=O)O)C3CC3)cc2C2CC2)CN([C@H](c2ccccc2)c2cc(Cl)cc(Cl)c2)C1. The van der Waals surface area contributed by atoms with Crippen molar-refractivity contribution in [3.8, 4) is 5.75 Å². The van der Waals surface area contributed by atoms with Crippen LogP contribution >= 0.6 is 23.2 Å². The summed E-state index contributed by atoms with van der Waals surface area (Å²) in [7, 11) is 0. The van der Waals surface area contributed by atoms with E-state index in [-0.39, 0.29) is 28.9 Å². The van der Waals surface area contributed by atoms with Gasteiger partial charge < -0.3 is 15.2 Å². The fraction of sp³-hybridized carbons (Fsp3) is 0.394. The van der Waals surface area contributed by atoms with E-state index >= 15 is 4.39 Å². The zero-order chi connectivity index (χ0) is 29.6. The summed E-state index contributed by atoms with van der Waals surface area (Å²) in [6.45, 7) is 4.02. The molecule has 1 saturated heterocycles. The van der Waals surface area contributed by atoms with E-state index in [1.807, 2.05) is 30.3 Å². The Bertz CT molecular complexity index is 1480. The number of amides is 1. The lowest BCUT2D eigenvalue weighted by atomic mass is 9.79. The lowest BCUT2D eigenvalue weighted by Gasteiger charge is -2.51. The normalized spacial score (nSPS) is 19.4. The molecule has 3 aromatic rings. The van der Waals surface area contributed by atoms with E-state index in [1.54, 1.807) is 12.1 Å². The minimum absolute atomic E-state index is 0.0296. The first-order chi connectivity index (χ1) is 20.1. The molecule has 1 aliphatic heterocycles. The number of halogens is 3. The van der Waals surface area contributed by atoms with Crippen LogP contribution in [-0.4, -0.2) is 47.6 Å². The zero-order valence-corrected chi connectivity index (χ0v) is 24.8. The lowest BCUT2D eigenvalue weighted by Crippen LogP contribution is -2.58. The van der Waals surface area contributed by atoms with Crippen molar-refractivity contribution in [1.82, 2.24) is 10.2 Å². The Hall–Kier alpha value is -3.13. The summed E-state index contributed by atoms with van der Waals surface area (Å²) in [6.07, 6.45) is 3.37. The summed E-state index contributed by atoms with van der Waals surface area (Å²) < 4.78 is 21.5. The van der Waals surface area contributed by atoms with Crippen LogP contribution in [0.2, 0.25) is 10.0 Å². The van der Waals surface area contributed by atoms with Crippen molar-refractivity contribution in [3.05, 3.63) is 98.8 Å². The third-order valence-corrected chi connectivity index (χ3v) is 8.87.